The van der Waals surface area contributed by atoms with E-state index in [1.165, 1.54) is 35.6 Å². The molecule has 1 aromatic heterocycles. The van der Waals surface area contributed by atoms with Gasteiger partial charge in [0.2, 0.25) is 5.91 Å². The third kappa shape index (κ3) is 5.14. The highest BCUT2D eigenvalue weighted by molar-refractivity contribution is 7.14. The zero-order valence-corrected chi connectivity index (χ0v) is 15.9. The molecular formula is C20H18FN3O3S. The van der Waals surface area contributed by atoms with Crippen LogP contribution in [0.3, 0.4) is 0 Å². The van der Waals surface area contributed by atoms with Crippen molar-refractivity contribution in [1.82, 2.24) is 4.98 Å². The first-order valence-electron chi connectivity index (χ1n) is 8.49. The van der Waals surface area contributed by atoms with Crippen LogP contribution in [0.1, 0.15) is 22.5 Å². The Labute approximate surface area is 165 Å². The van der Waals surface area contributed by atoms with E-state index in [4.69, 9.17) is 4.74 Å². The number of methoxy groups -OCH3 is 1. The van der Waals surface area contributed by atoms with E-state index in [-0.39, 0.29) is 18.2 Å². The molecule has 8 heteroatoms. The van der Waals surface area contributed by atoms with Crippen LogP contribution >= 0.6 is 11.3 Å². The molecule has 0 aliphatic carbocycles. The number of hydrogen-bond donors (Lipinski definition) is 2. The van der Waals surface area contributed by atoms with Crippen LogP contribution < -0.4 is 15.4 Å². The molecule has 0 atom stereocenters. The number of thiazole rings is 1. The maximum atomic E-state index is 12.9. The number of aryl methyl sites for hydroxylation is 1. The number of halogens is 1. The zero-order chi connectivity index (χ0) is 19.9. The lowest BCUT2D eigenvalue weighted by Gasteiger charge is -2.09. The van der Waals surface area contributed by atoms with Crippen molar-refractivity contribution in [2.24, 2.45) is 0 Å². The third-order valence-electron chi connectivity index (χ3n) is 3.87. The van der Waals surface area contributed by atoms with Gasteiger partial charge in [0.1, 0.15) is 11.6 Å². The highest BCUT2D eigenvalue weighted by Gasteiger charge is 2.11. The van der Waals surface area contributed by atoms with E-state index in [1.54, 1.807) is 24.6 Å². The van der Waals surface area contributed by atoms with E-state index in [2.05, 4.69) is 15.6 Å². The van der Waals surface area contributed by atoms with Crippen molar-refractivity contribution in [2.75, 3.05) is 17.7 Å². The molecule has 0 spiro atoms. The minimum absolute atomic E-state index is 0.158. The molecule has 0 aliphatic rings. The van der Waals surface area contributed by atoms with Gasteiger partial charge in [-0.15, -0.1) is 11.3 Å². The van der Waals surface area contributed by atoms with Gasteiger partial charge >= 0.3 is 0 Å². The number of ether oxygens (including phenoxy) is 1. The molecule has 1 heterocycles. The van der Waals surface area contributed by atoms with Crippen molar-refractivity contribution in [3.05, 3.63) is 71.0 Å². The van der Waals surface area contributed by atoms with Crippen molar-refractivity contribution >= 4 is 34.0 Å². The smallest absolute Gasteiger partial charge is 0.257 e. The molecular weight excluding hydrogens is 381 g/mol. The van der Waals surface area contributed by atoms with Crippen molar-refractivity contribution in [3.8, 4) is 5.75 Å². The molecule has 0 fully saturated rings. The number of nitrogens with one attached hydrogen (secondary N) is 2. The largest absolute Gasteiger partial charge is 0.495 e. The quantitative estimate of drug-likeness (QED) is 0.626. The first-order chi connectivity index (χ1) is 13.5. The predicted octanol–water partition coefficient (Wildman–Crippen LogP) is 4.11. The van der Waals surface area contributed by atoms with Crippen LogP contribution in [0.5, 0.6) is 5.75 Å². The summed E-state index contributed by atoms with van der Waals surface area (Å²) in [6.45, 7) is 0. The number of hydrogen-bond acceptors (Lipinski definition) is 5. The van der Waals surface area contributed by atoms with Gasteiger partial charge in [0, 0.05) is 17.4 Å². The fraction of sp³-hybridized carbons (Fsp3) is 0.150. The van der Waals surface area contributed by atoms with Gasteiger partial charge in [-0.25, -0.2) is 9.37 Å². The summed E-state index contributed by atoms with van der Waals surface area (Å²) in [7, 11) is 1.54. The topological polar surface area (TPSA) is 80.3 Å². The highest BCUT2D eigenvalue weighted by atomic mass is 32.1. The van der Waals surface area contributed by atoms with Crippen LogP contribution in [0.2, 0.25) is 0 Å². The minimum atomic E-state index is -0.403. The molecule has 0 unspecified atom stereocenters. The van der Waals surface area contributed by atoms with Gasteiger partial charge in [0.25, 0.3) is 5.91 Å². The lowest BCUT2D eigenvalue weighted by molar-refractivity contribution is -0.116. The number of nitrogens with zero attached hydrogens (tertiary/aromatic N) is 1. The highest BCUT2D eigenvalue weighted by Crippen LogP contribution is 2.23. The van der Waals surface area contributed by atoms with Crippen molar-refractivity contribution in [2.45, 2.75) is 12.8 Å². The number of benzene rings is 2. The summed E-state index contributed by atoms with van der Waals surface area (Å²) in [5, 5.41) is 7.69. The minimum Gasteiger partial charge on any atom is -0.495 e. The number of anilines is 2. The predicted molar refractivity (Wildman–Crippen MR) is 106 cm³/mol. The SMILES string of the molecule is COc1ccccc1NC(=O)CCc1csc(NC(=O)c2ccc(F)cc2)n1. The average molecular weight is 399 g/mol. The molecule has 2 aromatic carbocycles. The summed E-state index contributed by atoms with van der Waals surface area (Å²) < 4.78 is 18.1. The van der Waals surface area contributed by atoms with Gasteiger partial charge in [-0.2, -0.15) is 0 Å². The van der Waals surface area contributed by atoms with Crippen molar-refractivity contribution in [3.63, 3.8) is 0 Å². The lowest BCUT2D eigenvalue weighted by Crippen LogP contribution is -2.13. The molecule has 2 N–H and O–H groups in total. The molecule has 2 amide bonds. The summed E-state index contributed by atoms with van der Waals surface area (Å²) in [6, 6.07) is 12.4. The van der Waals surface area contributed by atoms with Crippen LogP contribution in [-0.2, 0) is 11.2 Å². The number of rotatable bonds is 7. The third-order valence-corrected chi connectivity index (χ3v) is 4.67. The standard InChI is InChI=1S/C20H18FN3O3S/c1-27-17-5-3-2-4-16(17)23-18(25)11-10-15-12-28-20(22-15)24-19(26)13-6-8-14(21)9-7-13/h2-9,12H,10-11H2,1H3,(H,23,25)(H,22,24,26). The van der Waals surface area contributed by atoms with Gasteiger partial charge in [0.15, 0.2) is 5.13 Å². The van der Waals surface area contributed by atoms with Gasteiger partial charge in [-0.3, -0.25) is 14.9 Å². The van der Waals surface area contributed by atoms with E-state index < -0.39 is 5.82 Å². The summed E-state index contributed by atoms with van der Waals surface area (Å²) in [5.41, 5.74) is 1.66. The Morgan fingerprint density at radius 1 is 1.11 bits per heavy atom. The van der Waals surface area contributed by atoms with Crippen LogP contribution in [-0.4, -0.2) is 23.9 Å². The Bertz CT molecular complexity index is 973. The van der Waals surface area contributed by atoms with Crippen LogP contribution in [0.4, 0.5) is 15.2 Å². The molecule has 6 nitrogen and oxygen atoms in total. The second-order valence-electron chi connectivity index (χ2n) is 5.85. The maximum absolute atomic E-state index is 12.9. The van der Waals surface area contributed by atoms with Gasteiger partial charge in [-0.1, -0.05) is 12.1 Å². The van der Waals surface area contributed by atoms with Crippen LogP contribution in [0, 0.1) is 5.82 Å². The summed E-state index contributed by atoms with van der Waals surface area (Å²) in [6.07, 6.45) is 0.678. The van der Waals surface area contributed by atoms with Gasteiger partial charge < -0.3 is 10.1 Å². The number of aromatic nitrogens is 1. The second kappa shape index (κ2) is 9.09. The van der Waals surface area contributed by atoms with Gasteiger partial charge in [-0.05, 0) is 42.8 Å². The Balaban J connectivity index is 1.52. The fourth-order valence-electron chi connectivity index (χ4n) is 2.45. The van der Waals surface area contributed by atoms with Crippen LogP contribution in [0.25, 0.3) is 0 Å². The van der Waals surface area contributed by atoms with Crippen molar-refractivity contribution in [1.29, 1.82) is 0 Å². The molecule has 0 aliphatic heterocycles. The van der Waals surface area contributed by atoms with E-state index in [0.29, 0.717) is 34.2 Å². The first kappa shape index (κ1) is 19.5. The molecule has 0 radical (unpaired) electrons. The Morgan fingerprint density at radius 2 is 1.86 bits per heavy atom. The molecule has 0 saturated heterocycles. The van der Waals surface area contributed by atoms with Gasteiger partial charge in [0.05, 0.1) is 18.5 Å². The Hall–Kier alpha value is -3.26. The second-order valence-corrected chi connectivity index (χ2v) is 6.71. The molecule has 3 rings (SSSR count). The number of carbonyl (C=O) groups is 2. The van der Waals surface area contributed by atoms with E-state index in [0.717, 1.165) is 0 Å². The lowest BCUT2D eigenvalue weighted by atomic mass is 10.2. The summed E-state index contributed by atoms with van der Waals surface area (Å²) in [5.74, 6) is -0.334. The van der Waals surface area contributed by atoms with E-state index in [1.807, 2.05) is 12.1 Å². The van der Waals surface area contributed by atoms with E-state index in [9.17, 15) is 14.0 Å². The first-order valence-corrected chi connectivity index (χ1v) is 9.37. The number of carbonyl (C=O) groups excluding carboxylic acids is 2. The molecule has 0 saturated carbocycles. The van der Waals surface area contributed by atoms with Crippen LogP contribution in [0.15, 0.2) is 53.9 Å². The Kier molecular flexibility index (Phi) is 6.33. The summed E-state index contributed by atoms with van der Waals surface area (Å²) >= 11 is 1.27. The van der Waals surface area contributed by atoms with E-state index >= 15 is 0 Å². The molecule has 28 heavy (non-hydrogen) atoms. The zero-order valence-electron chi connectivity index (χ0n) is 15.1. The number of para-hydroxylation sites is 2. The fourth-order valence-corrected chi connectivity index (χ4v) is 3.19. The maximum Gasteiger partial charge on any atom is 0.257 e. The Morgan fingerprint density at radius 3 is 2.61 bits per heavy atom. The summed E-state index contributed by atoms with van der Waals surface area (Å²) in [4.78, 5) is 28.6. The number of amides is 2. The van der Waals surface area contributed by atoms with Crippen molar-refractivity contribution < 1.29 is 18.7 Å². The monoisotopic (exact) mass is 399 g/mol. The normalized spacial score (nSPS) is 10.4. The molecule has 144 valence electrons. The molecule has 0 bridgehead atoms. The molecule has 3 aromatic rings. The average Bonchev–Trinajstić information content (AvgIpc) is 3.14.